The van der Waals surface area contributed by atoms with Crippen molar-refractivity contribution in [2.75, 3.05) is 7.11 Å². The number of imidazole rings is 1. The van der Waals surface area contributed by atoms with Gasteiger partial charge in [-0.2, -0.15) is 0 Å². The minimum Gasteiger partial charge on any atom is -0.468 e. The summed E-state index contributed by atoms with van der Waals surface area (Å²) in [7, 11) is 1.31. The Morgan fingerprint density at radius 3 is 2.67 bits per heavy atom. The first-order chi connectivity index (χ1) is 9.99. The lowest BCUT2D eigenvalue weighted by Gasteiger charge is -2.12. The molecule has 7 heteroatoms. The summed E-state index contributed by atoms with van der Waals surface area (Å²) >= 11 is 12.0. The quantitative estimate of drug-likeness (QED) is 0.855. The first-order valence-corrected chi connectivity index (χ1v) is 7.02. The van der Waals surface area contributed by atoms with E-state index in [0.717, 1.165) is 11.3 Å². The van der Waals surface area contributed by atoms with Gasteiger partial charge in [-0.25, -0.2) is 4.98 Å². The molecule has 1 heterocycles. The Labute approximate surface area is 132 Å². The Bertz CT molecular complexity index is 623. The van der Waals surface area contributed by atoms with Gasteiger partial charge in [-0.1, -0.05) is 23.2 Å². The van der Waals surface area contributed by atoms with Gasteiger partial charge in [0.2, 0.25) is 0 Å². The van der Waals surface area contributed by atoms with Crippen molar-refractivity contribution in [2.24, 2.45) is 5.73 Å². The molecule has 2 aromatic rings. The van der Waals surface area contributed by atoms with E-state index in [1.165, 1.54) is 7.11 Å². The van der Waals surface area contributed by atoms with Gasteiger partial charge in [-0.15, -0.1) is 0 Å². The van der Waals surface area contributed by atoms with Crippen LogP contribution in [-0.4, -0.2) is 28.7 Å². The molecule has 1 aromatic carbocycles. The van der Waals surface area contributed by atoms with E-state index in [-0.39, 0.29) is 0 Å². The summed E-state index contributed by atoms with van der Waals surface area (Å²) in [4.78, 5) is 15.5. The number of carbonyl (C=O) groups excluding carboxylic acids is 1. The van der Waals surface area contributed by atoms with E-state index in [1.807, 2.05) is 16.7 Å². The minimum absolute atomic E-state index is 0.348. The highest BCUT2D eigenvalue weighted by molar-refractivity contribution is 6.34. The number of hydrogen-bond donors (Lipinski definition) is 1. The molecule has 5 nitrogen and oxygen atoms in total. The molecule has 2 N–H and O–H groups in total. The van der Waals surface area contributed by atoms with Crippen LogP contribution in [0.25, 0.3) is 0 Å². The molecule has 112 valence electrons. The first kappa shape index (κ1) is 15.8. The number of benzene rings is 1. The van der Waals surface area contributed by atoms with E-state index < -0.39 is 12.0 Å². The second-order valence-electron chi connectivity index (χ2n) is 4.62. The van der Waals surface area contributed by atoms with Crippen molar-refractivity contribution < 1.29 is 9.53 Å². The zero-order valence-corrected chi connectivity index (χ0v) is 12.9. The molecule has 0 amide bonds. The third-order valence-electron chi connectivity index (χ3n) is 3.01. The molecule has 2 rings (SSSR count). The third-order valence-corrected chi connectivity index (χ3v) is 3.44. The molecule has 0 aliphatic rings. The first-order valence-electron chi connectivity index (χ1n) is 6.27. The average molecular weight is 328 g/mol. The average Bonchev–Trinajstić information content (AvgIpc) is 2.83. The number of halogens is 2. The molecule has 0 bridgehead atoms. The van der Waals surface area contributed by atoms with E-state index in [0.29, 0.717) is 23.0 Å². The predicted octanol–water partition coefficient (Wildman–Crippen LogP) is 2.28. The Balaban J connectivity index is 2.15. The molecule has 0 aliphatic heterocycles. The zero-order chi connectivity index (χ0) is 15.4. The number of esters is 1. The van der Waals surface area contributed by atoms with Crippen molar-refractivity contribution >= 4 is 29.2 Å². The summed E-state index contributed by atoms with van der Waals surface area (Å²) in [6.45, 7) is 0.545. The Morgan fingerprint density at radius 1 is 1.38 bits per heavy atom. The minimum atomic E-state index is -0.714. The number of aromatic nitrogens is 2. The van der Waals surface area contributed by atoms with Crippen LogP contribution in [0, 0.1) is 0 Å². The van der Waals surface area contributed by atoms with Crippen LogP contribution in [0.1, 0.15) is 11.3 Å². The van der Waals surface area contributed by atoms with E-state index in [9.17, 15) is 4.79 Å². The van der Waals surface area contributed by atoms with Gasteiger partial charge < -0.3 is 15.0 Å². The standard InChI is InChI=1S/C14H15Cl2N3O2/c1-21-14(20)13(17)5-12-6-18-8-19(12)7-9-2-10(15)4-11(16)3-9/h2-4,6,8,13H,5,7,17H2,1H3. The largest absolute Gasteiger partial charge is 0.468 e. The highest BCUT2D eigenvalue weighted by Crippen LogP contribution is 2.20. The second-order valence-corrected chi connectivity index (χ2v) is 5.50. The normalized spacial score (nSPS) is 12.2. The van der Waals surface area contributed by atoms with Crippen molar-refractivity contribution in [3.8, 4) is 0 Å². The van der Waals surface area contributed by atoms with E-state index in [1.54, 1.807) is 18.6 Å². The number of carbonyl (C=O) groups is 1. The van der Waals surface area contributed by atoms with Crippen LogP contribution in [0.2, 0.25) is 10.0 Å². The second kappa shape index (κ2) is 6.93. The van der Waals surface area contributed by atoms with Crippen molar-refractivity contribution in [1.82, 2.24) is 9.55 Å². The topological polar surface area (TPSA) is 70.1 Å². The molecule has 0 saturated heterocycles. The molecule has 0 radical (unpaired) electrons. The van der Waals surface area contributed by atoms with Crippen LogP contribution < -0.4 is 5.73 Å². The van der Waals surface area contributed by atoms with Gasteiger partial charge in [0, 0.05) is 34.9 Å². The Kier molecular flexibility index (Phi) is 5.22. The summed E-state index contributed by atoms with van der Waals surface area (Å²) in [5.74, 6) is -0.450. The van der Waals surface area contributed by atoms with Gasteiger partial charge in [0.25, 0.3) is 0 Å². The van der Waals surface area contributed by atoms with Crippen LogP contribution in [0.4, 0.5) is 0 Å². The van der Waals surface area contributed by atoms with Crippen molar-refractivity contribution in [2.45, 2.75) is 19.0 Å². The summed E-state index contributed by atoms with van der Waals surface area (Å²) in [6.07, 6.45) is 3.70. The highest BCUT2D eigenvalue weighted by Gasteiger charge is 2.16. The van der Waals surface area contributed by atoms with Crippen LogP contribution >= 0.6 is 23.2 Å². The lowest BCUT2D eigenvalue weighted by Crippen LogP contribution is -2.34. The fraction of sp³-hybridized carbons (Fsp3) is 0.286. The maximum absolute atomic E-state index is 11.4. The van der Waals surface area contributed by atoms with Gasteiger partial charge in [0.1, 0.15) is 6.04 Å². The lowest BCUT2D eigenvalue weighted by molar-refractivity contribution is -0.142. The van der Waals surface area contributed by atoms with Crippen molar-refractivity contribution in [3.05, 3.63) is 52.0 Å². The van der Waals surface area contributed by atoms with Gasteiger partial charge in [-0.05, 0) is 23.8 Å². The van der Waals surface area contributed by atoms with Gasteiger partial charge >= 0.3 is 5.97 Å². The summed E-state index contributed by atoms with van der Waals surface area (Å²) < 4.78 is 6.52. The molecule has 0 aliphatic carbocycles. The fourth-order valence-corrected chi connectivity index (χ4v) is 2.59. The number of nitrogens with two attached hydrogens (primary N) is 1. The smallest absolute Gasteiger partial charge is 0.323 e. The molecular formula is C14H15Cl2N3O2. The molecule has 0 fully saturated rings. The fourth-order valence-electron chi connectivity index (χ4n) is 2.02. The number of methoxy groups -OCH3 is 1. The summed E-state index contributed by atoms with van der Waals surface area (Å²) in [5.41, 5.74) is 7.55. The van der Waals surface area contributed by atoms with Crippen LogP contribution in [-0.2, 0) is 22.5 Å². The van der Waals surface area contributed by atoms with Crippen LogP contribution in [0.5, 0.6) is 0 Å². The number of rotatable bonds is 5. The Hall–Kier alpha value is -1.56. The van der Waals surface area contributed by atoms with Crippen molar-refractivity contribution in [3.63, 3.8) is 0 Å². The lowest BCUT2D eigenvalue weighted by atomic mass is 10.1. The zero-order valence-electron chi connectivity index (χ0n) is 11.4. The maximum Gasteiger partial charge on any atom is 0.323 e. The highest BCUT2D eigenvalue weighted by atomic mass is 35.5. The monoisotopic (exact) mass is 327 g/mol. The molecule has 0 saturated carbocycles. The molecular weight excluding hydrogens is 313 g/mol. The van der Waals surface area contributed by atoms with Gasteiger partial charge in [0.15, 0.2) is 0 Å². The van der Waals surface area contributed by atoms with Crippen molar-refractivity contribution in [1.29, 1.82) is 0 Å². The van der Waals surface area contributed by atoms with Gasteiger partial charge in [-0.3, -0.25) is 4.79 Å². The van der Waals surface area contributed by atoms with Crippen LogP contribution in [0.3, 0.4) is 0 Å². The Morgan fingerprint density at radius 2 is 2.05 bits per heavy atom. The molecule has 1 unspecified atom stereocenters. The van der Waals surface area contributed by atoms with E-state index in [2.05, 4.69) is 9.72 Å². The summed E-state index contributed by atoms with van der Waals surface area (Å²) in [5, 5.41) is 1.15. The molecule has 1 aromatic heterocycles. The van der Waals surface area contributed by atoms with Gasteiger partial charge in [0.05, 0.1) is 13.4 Å². The molecule has 21 heavy (non-hydrogen) atoms. The number of hydrogen-bond acceptors (Lipinski definition) is 4. The van der Waals surface area contributed by atoms with Crippen LogP contribution in [0.15, 0.2) is 30.7 Å². The molecule has 0 spiro atoms. The predicted molar refractivity (Wildman–Crippen MR) is 81.5 cm³/mol. The molecule has 1 atom stereocenters. The summed E-state index contributed by atoms with van der Waals surface area (Å²) in [6, 6.07) is 4.62. The number of ether oxygens (including phenoxy) is 1. The van der Waals surface area contributed by atoms with E-state index in [4.69, 9.17) is 28.9 Å². The number of nitrogens with zero attached hydrogens (tertiary/aromatic N) is 2. The van der Waals surface area contributed by atoms with E-state index >= 15 is 0 Å². The SMILES string of the molecule is COC(=O)C(N)Cc1cncn1Cc1cc(Cl)cc(Cl)c1. The third kappa shape index (κ3) is 4.20. The maximum atomic E-state index is 11.4.